The lowest BCUT2D eigenvalue weighted by molar-refractivity contribution is 0.768. The van der Waals surface area contributed by atoms with Crippen LogP contribution >= 0.6 is 0 Å². The van der Waals surface area contributed by atoms with Gasteiger partial charge in [0, 0.05) is 11.4 Å². The molecule has 4 aliphatic rings. The Bertz CT molecular complexity index is 1560. The summed E-state index contributed by atoms with van der Waals surface area (Å²) in [6.07, 6.45) is 1.75. The number of aliphatic imine (C=N–C) groups is 2. The number of nitrogens with zero attached hydrogens (tertiary/aromatic N) is 4. The van der Waals surface area contributed by atoms with Crippen molar-refractivity contribution >= 4 is 23.3 Å². The highest BCUT2D eigenvalue weighted by Crippen LogP contribution is 2.43. The zero-order valence-electron chi connectivity index (χ0n) is 21.0. The molecule has 4 N–H and O–H groups in total. The second kappa shape index (κ2) is 7.96. The monoisotopic (exact) mass is 496 g/mol. The fourth-order valence-electron chi connectivity index (χ4n) is 6.79. The van der Waals surface area contributed by atoms with Gasteiger partial charge in [-0.15, -0.1) is 0 Å². The lowest BCUT2D eigenvalue weighted by atomic mass is 9.93. The SMILES string of the molecule is NC1=NCC2c3ccccc3Cc3cc(-c4ccc5c(c4)Cc4ccccc4C4CN=C(N)N54)ccc3N12. The van der Waals surface area contributed by atoms with Gasteiger partial charge in [0.15, 0.2) is 11.9 Å². The van der Waals surface area contributed by atoms with E-state index >= 15 is 0 Å². The lowest BCUT2D eigenvalue weighted by Crippen LogP contribution is -2.36. The fourth-order valence-corrected chi connectivity index (χ4v) is 6.79. The van der Waals surface area contributed by atoms with Crippen molar-refractivity contribution in [2.24, 2.45) is 21.5 Å². The summed E-state index contributed by atoms with van der Waals surface area (Å²) in [5.41, 5.74) is 25.4. The van der Waals surface area contributed by atoms with Gasteiger partial charge in [0.1, 0.15) is 0 Å². The Kier molecular flexibility index (Phi) is 4.50. The summed E-state index contributed by atoms with van der Waals surface area (Å²) in [4.78, 5) is 13.6. The summed E-state index contributed by atoms with van der Waals surface area (Å²) in [6, 6.07) is 31.3. The first-order valence-corrected chi connectivity index (χ1v) is 13.3. The van der Waals surface area contributed by atoms with Crippen LogP contribution in [-0.4, -0.2) is 25.0 Å². The number of nitrogens with two attached hydrogens (primary N) is 2. The minimum Gasteiger partial charge on any atom is -0.369 e. The van der Waals surface area contributed by atoms with Crippen LogP contribution in [0.3, 0.4) is 0 Å². The highest BCUT2D eigenvalue weighted by atomic mass is 15.3. The Morgan fingerprint density at radius 3 is 1.47 bits per heavy atom. The molecule has 0 amide bonds. The van der Waals surface area contributed by atoms with Crippen molar-refractivity contribution in [2.45, 2.75) is 24.9 Å². The van der Waals surface area contributed by atoms with E-state index in [1.165, 1.54) is 44.5 Å². The molecule has 186 valence electrons. The van der Waals surface area contributed by atoms with Crippen molar-refractivity contribution in [2.75, 3.05) is 22.9 Å². The van der Waals surface area contributed by atoms with Gasteiger partial charge in [-0.05, 0) is 81.6 Å². The molecule has 4 aromatic rings. The first kappa shape index (κ1) is 21.5. The second-order valence-electron chi connectivity index (χ2n) is 10.6. The molecule has 2 atom stereocenters. The molecule has 0 aliphatic carbocycles. The number of rotatable bonds is 1. The predicted molar refractivity (Wildman–Crippen MR) is 154 cm³/mol. The van der Waals surface area contributed by atoms with Gasteiger partial charge in [0.25, 0.3) is 0 Å². The normalized spacial score (nSPS) is 20.6. The minimum atomic E-state index is 0.159. The fraction of sp³-hybridized carbons (Fsp3) is 0.188. The Labute approximate surface area is 221 Å². The summed E-state index contributed by atoms with van der Waals surface area (Å²) < 4.78 is 0. The molecule has 4 heterocycles. The standard InChI is InChI=1S/C32H28N6/c33-31-35-17-29-25-7-3-1-5-21(25)15-23-13-19(9-11-27(23)37(29)31)20-10-12-28-24(14-20)16-22-6-2-4-8-26(22)30-18-36-32(34)38(28)30/h1-14,29-30H,15-18H2,(H2,33,35)(H2,34,36). The number of anilines is 2. The molecular weight excluding hydrogens is 468 g/mol. The van der Waals surface area contributed by atoms with Gasteiger partial charge in [0.05, 0.1) is 25.2 Å². The van der Waals surface area contributed by atoms with Crippen LogP contribution in [0.2, 0.25) is 0 Å². The van der Waals surface area contributed by atoms with Gasteiger partial charge in [-0.3, -0.25) is 9.98 Å². The summed E-state index contributed by atoms with van der Waals surface area (Å²) in [5.74, 6) is 1.20. The third-order valence-corrected chi connectivity index (χ3v) is 8.57. The van der Waals surface area contributed by atoms with Crippen LogP contribution in [-0.2, 0) is 12.8 Å². The molecule has 8 rings (SSSR count). The minimum absolute atomic E-state index is 0.159. The van der Waals surface area contributed by atoms with Crippen LogP contribution in [0.5, 0.6) is 0 Å². The molecule has 0 fully saturated rings. The van der Waals surface area contributed by atoms with E-state index in [1.807, 2.05) is 0 Å². The largest absolute Gasteiger partial charge is 0.369 e. The molecule has 4 aromatic carbocycles. The average Bonchev–Trinajstić information content (AvgIpc) is 3.42. The van der Waals surface area contributed by atoms with E-state index in [-0.39, 0.29) is 12.1 Å². The molecule has 0 saturated carbocycles. The summed E-state index contributed by atoms with van der Waals surface area (Å²) in [5, 5.41) is 0. The quantitative estimate of drug-likeness (QED) is 0.392. The van der Waals surface area contributed by atoms with Crippen LogP contribution in [0.1, 0.15) is 45.5 Å². The molecule has 0 aromatic heterocycles. The van der Waals surface area contributed by atoms with Gasteiger partial charge in [-0.2, -0.15) is 0 Å². The maximum atomic E-state index is 6.42. The smallest absolute Gasteiger partial charge is 0.196 e. The number of fused-ring (bicyclic) bond motifs is 10. The zero-order valence-corrected chi connectivity index (χ0v) is 21.0. The van der Waals surface area contributed by atoms with E-state index in [2.05, 4.69) is 105 Å². The number of benzene rings is 4. The third-order valence-electron chi connectivity index (χ3n) is 8.57. The van der Waals surface area contributed by atoms with Crippen LogP contribution < -0.4 is 21.3 Å². The van der Waals surface area contributed by atoms with Crippen molar-refractivity contribution in [1.82, 2.24) is 0 Å². The summed E-state index contributed by atoms with van der Waals surface area (Å²) in [6.45, 7) is 1.39. The van der Waals surface area contributed by atoms with Gasteiger partial charge < -0.3 is 21.3 Å². The van der Waals surface area contributed by atoms with E-state index in [9.17, 15) is 0 Å². The third kappa shape index (κ3) is 3.06. The summed E-state index contributed by atoms with van der Waals surface area (Å²) in [7, 11) is 0. The van der Waals surface area contributed by atoms with Gasteiger partial charge in [-0.1, -0.05) is 60.7 Å². The van der Waals surface area contributed by atoms with Crippen molar-refractivity contribution in [3.8, 4) is 11.1 Å². The zero-order chi connectivity index (χ0) is 25.4. The van der Waals surface area contributed by atoms with Crippen molar-refractivity contribution in [3.05, 3.63) is 118 Å². The van der Waals surface area contributed by atoms with E-state index in [0.29, 0.717) is 25.0 Å². The van der Waals surface area contributed by atoms with Gasteiger partial charge in [0.2, 0.25) is 0 Å². The maximum Gasteiger partial charge on any atom is 0.196 e. The maximum absolute atomic E-state index is 6.42. The second-order valence-corrected chi connectivity index (χ2v) is 10.6. The number of hydrogen-bond donors (Lipinski definition) is 2. The van der Waals surface area contributed by atoms with E-state index in [4.69, 9.17) is 11.5 Å². The molecule has 2 unspecified atom stereocenters. The van der Waals surface area contributed by atoms with Gasteiger partial charge in [-0.25, -0.2) is 0 Å². The van der Waals surface area contributed by atoms with Crippen molar-refractivity contribution < 1.29 is 0 Å². The van der Waals surface area contributed by atoms with Gasteiger partial charge >= 0.3 is 0 Å². The van der Waals surface area contributed by atoms with Crippen molar-refractivity contribution in [3.63, 3.8) is 0 Å². The number of guanidine groups is 2. The molecular formula is C32H28N6. The molecule has 0 bridgehead atoms. The van der Waals surface area contributed by atoms with Crippen LogP contribution in [0.15, 0.2) is 94.9 Å². The molecule has 0 spiro atoms. The van der Waals surface area contributed by atoms with Crippen LogP contribution in [0.4, 0.5) is 11.4 Å². The lowest BCUT2D eigenvalue weighted by Gasteiger charge is -2.27. The Morgan fingerprint density at radius 2 is 1.00 bits per heavy atom. The van der Waals surface area contributed by atoms with Crippen LogP contribution in [0, 0.1) is 0 Å². The highest BCUT2D eigenvalue weighted by molar-refractivity contribution is 6.00. The Hall–Kier alpha value is -4.58. The molecule has 4 aliphatic heterocycles. The molecule has 0 radical (unpaired) electrons. The Balaban J connectivity index is 1.24. The van der Waals surface area contributed by atoms with Crippen LogP contribution in [0.25, 0.3) is 11.1 Å². The molecule has 6 heteroatoms. The Morgan fingerprint density at radius 1 is 0.553 bits per heavy atom. The van der Waals surface area contributed by atoms with Crippen molar-refractivity contribution in [1.29, 1.82) is 0 Å². The molecule has 0 saturated heterocycles. The first-order valence-electron chi connectivity index (χ1n) is 13.3. The predicted octanol–water partition coefficient (Wildman–Crippen LogP) is 4.91. The first-order chi connectivity index (χ1) is 18.7. The van der Waals surface area contributed by atoms with E-state index in [0.717, 1.165) is 24.2 Å². The van der Waals surface area contributed by atoms with E-state index < -0.39 is 0 Å². The average molecular weight is 497 g/mol. The highest BCUT2D eigenvalue weighted by Gasteiger charge is 2.35. The number of hydrogen-bond acceptors (Lipinski definition) is 6. The summed E-state index contributed by atoms with van der Waals surface area (Å²) >= 11 is 0. The van der Waals surface area contributed by atoms with E-state index in [1.54, 1.807) is 0 Å². The topological polar surface area (TPSA) is 83.2 Å². The molecule has 6 nitrogen and oxygen atoms in total. The molecule has 38 heavy (non-hydrogen) atoms.